The van der Waals surface area contributed by atoms with Gasteiger partial charge in [0.25, 0.3) is 0 Å². The van der Waals surface area contributed by atoms with E-state index >= 15 is 0 Å². The molecule has 7 heteroatoms. The topological polar surface area (TPSA) is 74.6 Å². The highest BCUT2D eigenvalue weighted by Gasteiger charge is 2.27. The molecule has 1 aliphatic rings. The van der Waals surface area contributed by atoms with Gasteiger partial charge in [0.2, 0.25) is 5.43 Å². The van der Waals surface area contributed by atoms with Crippen LogP contribution in [-0.4, -0.2) is 46.7 Å². The lowest BCUT2D eigenvalue weighted by Gasteiger charge is -2.18. The third kappa shape index (κ3) is 4.13. The minimum Gasteiger partial charge on any atom is -0.477 e. The molecule has 0 spiro atoms. The number of pyridine rings is 1. The monoisotopic (exact) mass is 375 g/mol. The van der Waals surface area contributed by atoms with Crippen molar-refractivity contribution in [2.75, 3.05) is 31.5 Å². The Morgan fingerprint density at radius 1 is 1.33 bits per heavy atom. The van der Waals surface area contributed by atoms with Crippen molar-refractivity contribution in [2.45, 2.75) is 39.2 Å². The zero-order valence-electron chi connectivity index (χ0n) is 15.8. The average molecular weight is 375 g/mol. The van der Waals surface area contributed by atoms with Gasteiger partial charge in [-0.3, -0.25) is 4.79 Å². The Balaban J connectivity index is 1.89. The number of nitrogens with zero attached hydrogens (tertiary/aromatic N) is 2. The number of hydrogen-bond acceptors (Lipinski definition) is 4. The van der Waals surface area contributed by atoms with E-state index in [-0.39, 0.29) is 17.0 Å². The summed E-state index contributed by atoms with van der Waals surface area (Å²) >= 11 is 0. The second kappa shape index (κ2) is 8.08. The lowest BCUT2D eigenvalue weighted by molar-refractivity contribution is 0.0695. The first-order valence-corrected chi connectivity index (χ1v) is 9.54. The number of carboxylic acids is 1. The van der Waals surface area contributed by atoms with Crippen molar-refractivity contribution in [1.29, 1.82) is 0 Å². The van der Waals surface area contributed by atoms with Crippen LogP contribution in [0.25, 0.3) is 10.9 Å². The van der Waals surface area contributed by atoms with Gasteiger partial charge in [-0.2, -0.15) is 0 Å². The van der Waals surface area contributed by atoms with Gasteiger partial charge in [-0.05, 0) is 51.0 Å². The molecular weight excluding hydrogens is 349 g/mol. The van der Waals surface area contributed by atoms with E-state index in [2.05, 4.69) is 24.1 Å². The zero-order valence-corrected chi connectivity index (χ0v) is 15.8. The van der Waals surface area contributed by atoms with Crippen molar-refractivity contribution in [3.63, 3.8) is 0 Å². The van der Waals surface area contributed by atoms with Crippen LogP contribution >= 0.6 is 0 Å². The van der Waals surface area contributed by atoms with Gasteiger partial charge in [0, 0.05) is 24.2 Å². The fourth-order valence-electron chi connectivity index (χ4n) is 3.38. The Kier molecular flexibility index (Phi) is 5.79. The summed E-state index contributed by atoms with van der Waals surface area (Å²) in [4.78, 5) is 26.1. The number of fused-ring (bicyclic) bond motifs is 1. The zero-order chi connectivity index (χ0) is 19.6. The molecule has 27 heavy (non-hydrogen) atoms. The van der Waals surface area contributed by atoms with E-state index in [4.69, 9.17) is 0 Å². The third-order valence-corrected chi connectivity index (χ3v) is 5.15. The Morgan fingerprint density at radius 2 is 2.04 bits per heavy atom. The molecule has 0 aliphatic heterocycles. The number of rotatable bonds is 9. The highest BCUT2D eigenvalue weighted by atomic mass is 19.1. The number of hydrogen-bond donors (Lipinski definition) is 2. The summed E-state index contributed by atoms with van der Waals surface area (Å²) in [6, 6.07) is 2.97. The van der Waals surface area contributed by atoms with Gasteiger partial charge < -0.3 is 19.9 Å². The standard InChI is InChI=1S/C20H26FN3O3/c1-3-23(4-2)9-5-8-22-17-11-18-14(10-16(17)21)19(25)15(20(26)27)12-24(18)13-6-7-13/h10-13,22H,3-9H2,1-2H3,(H,26,27). The van der Waals surface area contributed by atoms with E-state index in [0.717, 1.165) is 45.0 Å². The molecule has 146 valence electrons. The molecule has 0 atom stereocenters. The van der Waals surface area contributed by atoms with Crippen molar-refractivity contribution in [3.8, 4) is 0 Å². The van der Waals surface area contributed by atoms with Crippen LogP contribution in [0.4, 0.5) is 10.1 Å². The van der Waals surface area contributed by atoms with Gasteiger partial charge in [-0.15, -0.1) is 0 Å². The SMILES string of the molecule is CCN(CC)CCCNc1cc2c(cc1F)c(=O)c(C(=O)O)cn2C1CC1. The Hall–Kier alpha value is -2.41. The molecule has 1 fully saturated rings. The van der Waals surface area contributed by atoms with E-state index in [0.29, 0.717) is 17.7 Å². The number of carboxylic acid groups (broad SMARTS) is 1. The Morgan fingerprint density at radius 3 is 2.63 bits per heavy atom. The maximum absolute atomic E-state index is 14.5. The molecule has 0 radical (unpaired) electrons. The van der Waals surface area contributed by atoms with Crippen LogP contribution in [0.15, 0.2) is 23.1 Å². The number of anilines is 1. The maximum Gasteiger partial charge on any atom is 0.341 e. The molecule has 1 aliphatic carbocycles. The van der Waals surface area contributed by atoms with Gasteiger partial charge in [-0.25, -0.2) is 9.18 Å². The van der Waals surface area contributed by atoms with Crippen molar-refractivity contribution < 1.29 is 14.3 Å². The van der Waals surface area contributed by atoms with E-state index in [9.17, 15) is 19.1 Å². The summed E-state index contributed by atoms with van der Waals surface area (Å²) < 4.78 is 16.3. The van der Waals surface area contributed by atoms with E-state index < -0.39 is 17.2 Å². The first kappa shape index (κ1) is 19.4. The molecule has 1 aromatic heterocycles. The van der Waals surface area contributed by atoms with E-state index in [1.807, 2.05) is 0 Å². The molecule has 1 aromatic carbocycles. The maximum atomic E-state index is 14.5. The highest BCUT2D eigenvalue weighted by molar-refractivity contribution is 5.93. The number of halogens is 1. The van der Waals surface area contributed by atoms with Gasteiger partial charge >= 0.3 is 5.97 Å². The molecule has 1 saturated carbocycles. The molecular formula is C20H26FN3O3. The van der Waals surface area contributed by atoms with Crippen LogP contribution in [0.3, 0.4) is 0 Å². The molecule has 0 bridgehead atoms. The number of aromatic nitrogens is 1. The third-order valence-electron chi connectivity index (χ3n) is 5.15. The van der Waals surface area contributed by atoms with Gasteiger partial charge in [0.15, 0.2) is 0 Å². The molecule has 0 saturated heterocycles. The molecule has 3 rings (SSSR count). The Labute approximate surface area is 157 Å². The minimum absolute atomic E-state index is 0.119. The van der Waals surface area contributed by atoms with Crippen LogP contribution in [0.1, 0.15) is 49.5 Å². The average Bonchev–Trinajstić information content (AvgIpc) is 3.48. The predicted molar refractivity (Wildman–Crippen MR) is 104 cm³/mol. The molecule has 0 unspecified atom stereocenters. The fourth-order valence-corrected chi connectivity index (χ4v) is 3.38. The van der Waals surface area contributed by atoms with Crippen LogP contribution < -0.4 is 10.7 Å². The van der Waals surface area contributed by atoms with Crippen molar-refractivity contribution in [1.82, 2.24) is 9.47 Å². The Bertz CT molecular complexity index is 901. The van der Waals surface area contributed by atoms with Crippen molar-refractivity contribution >= 4 is 22.6 Å². The van der Waals surface area contributed by atoms with E-state index in [1.54, 1.807) is 10.6 Å². The lowest BCUT2D eigenvalue weighted by Crippen LogP contribution is -2.25. The summed E-state index contributed by atoms with van der Waals surface area (Å²) in [6.07, 6.45) is 4.14. The molecule has 2 aromatic rings. The summed E-state index contributed by atoms with van der Waals surface area (Å²) in [7, 11) is 0. The summed E-state index contributed by atoms with van der Waals surface area (Å²) in [5, 5.41) is 12.5. The smallest absolute Gasteiger partial charge is 0.341 e. The number of carbonyl (C=O) groups is 1. The molecule has 2 N–H and O–H groups in total. The second-order valence-corrected chi connectivity index (χ2v) is 6.97. The summed E-state index contributed by atoms with van der Waals surface area (Å²) in [5.41, 5.74) is -0.0193. The number of benzene rings is 1. The summed E-state index contributed by atoms with van der Waals surface area (Å²) in [5.74, 6) is -1.82. The first-order valence-electron chi connectivity index (χ1n) is 9.54. The summed E-state index contributed by atoms with van der Waals surface area (Å²) in [6.45, 7) is 7.76. The van der Waals surface area contributed by atoms with Crippen LogP contribution in [0.5, 0.6) is 0 Å². The van der Waals surface area contributed by atoms with Gasteiger partial charge in [-0.1, -0.05) is 13.8 Å². The minimum atomic E-state index is -1.28. The van der Waals surface area contributed by atoms with Crippen LogP contribution in [0, 0.1) is 5.82 Å². The molecule has 0 amide bonds. The molecule has 1 heterocycles. The highest BCUT2D eigenvalue weighted by Crippen LogP contribution is 2.37. The van der Waals surface area contributed by atoms with Crippen molar-refractivity contribution in [3.05, 3.63) is 39.9 Å². The molecule has 6 nitrogen and oxygen atoms in total. The van der Waals surface area contributed by atoms with Crippen LogP contribution in [0.2, 0.25) is 0 Å². The normalized spacial score (nSPS) is 14.1. The number of nitrogens with one attached hydrogen (secondary N) is 1. The van der Waals surface area contributed by atoms with Crippen LogP contribution in [-0.2, 0) is 0 Å². The first-order chi connectivity index (χ1) is 13.0. The second-order valence-electron chi connectivity index (χ2n) is 6.97. The van der Waals surface area contributed by atoms with Gasteiger partial charge in [0.1, 0.15) is 11.4 Å². The largest absolute Gasteiger partial charge is 0.477 e. The fraction of sp³-hybridized carbons (Fsp3) is 0.500. The van der Waals surface area contributed by atoms with E-state index in [1.165, 1.54) is 6.20 Å². The van der Waals surface area contributed by atoms with Crippen molar-refractivity contribution in [2.24, 2.45) is 0 Å². The number of aromatic carboxylic acids is 1. The van der Waals surface area contributed by atoms with Gasteiger partial charge in [0.05, 0.1) is 11.2 Å². The quantitative estimate of drug-likeness (QED) is 0.658. The predicted octanol–water partition coefficient (Wildman–Crippen LogP) is 3.32. The lowest BCUT2D eigenvalue weighted by atomic mass is 10.1.